The van der Waals surface area contributed by atoms with Crippen molar-refractivity contribution in [2.24, 2.45) is 0 Å². The molecule has 2 aromatic rings. The molecule has 0 bridgehead atoms. The van der Waals surface area contributed by atoms with Crippen molar-refractivity contribution in [2.45, 2.75) is 20.8 Å². The molecule has 3 nitrogen and oxygen atoms in total. The first kappa shape index (κ1) is 12.3. The molecule has 0 fully saturated rings. The van der Waals surface area contributed by atoms with Crippen LogP contribution >= 0.6 is 0 Å². The lowest BCUT2D eigenvalue weighted by molar-refractivity contribution is 0.102. The fraction of sp³-hybridized carbons (Fsp3) is 0.200. The van der Waals surface area contributed by atoms with Gasteiger partial charge in [-0.05, 0) is 55.7 Å². The van der Waals surface area contributed by atoms with Crippen molar-refractivity contribution < 1.29 is 4.79 Å². The topological polar surface area (TPSA) is 42.0 Å². The van der Waals surface area contributed by atoms with Gasteiger partial charge in [-0.25, -0.2) is 0 Å². The van der Waals surface area contributed by atoms with Gasteiger partial charge in [0, 0.05) is 11.8 Å². The molecule has 1 amide bonds. The Morgan fingerprint density at radius 2 is 1.83 bits per heavy atom. The van der Waals surface area contributed by atoms with Crippen molar-refractivity contribution in [3.05, 3.63) is 58.9 Å². The number of hydrogen-bond donors (Lipinski definition) is 1. The number of anilines is 1. The van der Waals surface area contributed by atoms with Gasteiger partial charge in [0.2, 0.25) is 0 Å². The number of nitrogens with zero attached hydrogens (tertiary/aromatic N) is 1. The Labute approximate surface area is 107 Å². The molecule has 3 heteroatoms. The normalized spacial score (nSPS) is 10.2. The lowest BCUT2D eigenvalue weighted by atomic mass is 10.1. The van der Waals surface area contributed by atoms with E-state index in [2.05, 4.69) is 10.3 Å². The molecule has 0 aliphatic carbocycles. The molecule has 0 unspecified atom stereocenters. The second-order valence-corrected chi connectivity index (χ2v) is 4.50. The standard InChI is InChI=1S/C15H16N2O/c1-10-6-14(9-16-8-10)17-15(18)13-5-4-11(2)12(3)7-13/h4-9H,1-3H3,(H,17,18). The van der Waals surface area contributed by atoms with Crippen molar-refractivity contribution in [1.29, 1.82) is 0 Å². The highest BCUT2D eigenvalue weighted by molar-refractivity contribution is 6.04. The Bertz CT molecular complexity index is 591. The number of nitrogens with one attached hydrogen (secondary N) is 1. The van der Waals surface area contributed by atoms with E-state index in [0.29, 0.717) is 5.56 Å². The van der Waals surface area contributed by atoms with Crippen molar-refractivity contribution in [1.82, 2.24) is 4.98 Å². The van der Waals surface area contributed by atoms with Crippen LogP contribution in [0.1, 0.15) is 27.0 Å². The van der Waals surface area contributed by atoms with Crippen LogP contribution in [-0.4, -0.2) is 10.9 Å². The van der Waals surface area contributed by atoms with Crippen molar-refractivity contribution >= 4 is 11.6 Å². The van der Waals surface area contributed by atoms with Crippen LogP contribution in [0.3, 0.4) is 0 Å². The summed E-state index contributed by atoms with van der Waals surface area (Å²) in [6.45, 7) is 5.97. The number of carbonyl (C=O) groups is 1. The van der Waals surface area contributed by atoms with Crippen LogP contribution in [0.5, 0.6) is 0 Å². The maximum Gasteiger partial charge on any atom is 0.255 e. The first-order valence-electron chi connectivity index (χ1n) is 5.86. The molecule has 0 spiro atoms. The summed E-state index contributed by atoms with van der Waals surface area (Å²) in [5, 5.41) is 2.84. The van der Waals surface area contributed by atoms with Crippen LogP contribution in [-0.2, 0) is 0 Å². The average Bonchev–Trinajstić information content (AvgIpc) is 2.32. The Hall–Kier alpha value is -2.16. The zero-order chi connectivity index (χ0) is 13.1. The molecule has 1 aromatic heterocycles. The SMILES string of the molecule is Cc1cncc(NC(=O)c2ccc(C)c(C)c2)c1. The molecule has 0 radical (unpaired) electrons. The van der Waals surface area contributed by atoms with Gasteiger partial charge in [0.1, 0.15) is 0 Å². The van der Waals surface area contributed by atoms with E-state index in [1.165, 1.54) is 5.56 Å². The molecule has 0 atom stereocenters. The summed E-state index contributed by atoms with van der Waals surface area (Å²) < 4.78 is 0. The predicted octanol–water partition coefficient (Wildman–Crippen LogP) is 3.26. The maximum atomic E-state index is 12.1. The minimum absolute atomic E-state index is 0.106. The van der Waals surface area contributed by atoms with Gasteiger partial charge in [0.25, 0.3) is 5.91 Å². The van der Waals surface area contributed by atoms with Crippen molar-refractivity contribution in [2.75, 3.05) is 5.32 Å². The fourth-order valence-corrected chi connectivity index (χ4v) is 1.71. The van der Waals surface area contributed by atoms with E-state index in [9.17, 15) is 4.79 Å². The van der Waals surface area contributed by atoms with Crippen molar-refractivity contribution in [3.8, 4) is 0 Å². The second-order valence-electron chi connectivity index (χ2n) is 4.50. The number of pyridine rings is 1. The van der Waals surface area contributed by atoms with Gasteiger partial charge in [-0.15, -0.1) is 0 Å². The summed E-state index contributed by atoms with van der Waals surface area (Å²) in [7, 11) is 0. The van der Waals surface area contributed by atoms with Crippen LogP contribution < -0.4 is 5.32 Å². The van der Waals surface area contributed by atoms with Gasteiger partial charge in [0.05, 0.1) is 11.9 Å². The van der Waals surface area contributed by atoms with Crippen molar-refractivity contribution in [3.63, 3.8) is 0 Å². The highest BCUT2D eigenvalue weighted by Gasteiger charge is 2.07. The van der Waals surface area contributed by atoms with E-state index in [4.69, 9.17) is 0 Å². The number of rotatable bonds is 2. The van der Waals surface area contributed by atoms with E-state index >= 15 is 0 Å². The van der Waals surface area contributed by atoms with Gasteiger partial charge in [-0.1, -0.05) is 6.07 Å². The molecule has 1 aromatic carbocycles. The largest absolute Gasteiger partial charge is 0.321 e. The molecule has 0 aliphatic heterocycles. The zero-order valence-corrected chi connectivity index (χ0v) is 10.8. The quantitative estimate of drug-likeness (QED) is 0.875. The third-order valence-electron chi connectivity index (χ3n) is 2.90. The monoisotopic (exact) mass is 240 g/mol. The van der Waals surface area contributed by atoms with E-state index in [-0.39, 0.29) is 5.91 Å². The highest BCUT2D eigenvalue weighted by atomic mass is 16.1. The number of benzene rings is 1. The molecule has 0 aliphatic rings. The minimum atomic E-state index is -0.106. The Kier molecular flexibility index (Phi) is 3.42. The lowest BCUT2D eigenvalue weighted by Crippen LogP contribution is -2.12. The first-order valence-corrected chi connectivity index (χ1v) is 5.86. The Morgan fingerprint density at radius 1 is 1.06 bits per heavy atom. The van der Waals surface area contributed by atoms with Crippen LogP contribution in [0, 0.1) is 20.8 Å². The van der Waals surface area contributed by atoms with Gasteiger partial charge >= 0.3 is 0 Å². The number of aryl methyl sites for hydroxylation is 3. The summed E-state index contributed by atoms with van der Waals surface area (Å²) >= 11 is 0. The third kappa shape index (κ3) is 2.74. The average molecular weight is 240 g/mol. The smallest absolute Gasteiger partial charge is 0.255 e. The lowest BCUT2D eigenvalue weighted by Gasteiger charge is -2.07. The molecule has 92 valence electrons. The zero-order valence-electron chi connectivity index (χ0n) is 10.8. The van der Waals surface area contributed by atoms with Gasteiger partial charge in [-0.3, -0.25) is 9.78 Å². The van der Waals surface area contributed by atoms with Crippen LogP contribution in [0.25, 0.3) is 0 Å². The van der Waals surface area contributed by atoms with Crippen LogP contribution in [0.2, 0.25) is 0 Å². The van der Waals surface area contributed by atoms with E-state index < -0.39 is 0 Å². The molecule has 0 saturated heterocycles. The van der Waals surface area contributed by atoms with Crippen LogP contribution in [0.15, 0.2) is 36.7 Å². The number of aromatic nitrogens is 1. The molecule has 0 saturated carbocycles. The summed E-state index contributed by atoms with van der Waals surface area (Å²) in [4.78, 5) is 16.1. The molecular weight excluding hydrogens is 224 g/mol. The summed E-state index contributed by atoms with van der Waals surface area (Å²) in [6, 6.07) is 7.58. The number of amides is 1. The summed E-state index contributed by atoms with van der Waals surface area (Å²) in [5.41, 5.74) is 4.71. The molecule has 1 N–H and O–H groups in total. The highest BCUT2D eigenvalue weighted by Crippen LogP contribution is 2.13. The molecule has 2 rings (SSSR count). The fourth-order valence-electron chi connectivity index (χ4n) is 1.71. The summed E-state index contributed by atoms with van der Waals surface area (Å²) in [5.74, 6) is -0.106. The van der Waals surface area contributed by atoms with Gasteiger partial charge < -0.3 is 5.32 Å². The van der Waals surface area contributed by atoms with Crippen LogP contribution in [0.4, 0.5) is 5.69 Å². The third-order valence-corrected chi connectivity index (χ3v) is 2.90. The Morgan fingerprint density at radius 3 is 2.50 bits per heavy atom. The number of carbonyl (C=O) groups excluding carboxylic acids is 1. The second kappa shape index (κ2) is 5.00. The van der Waals surface area contributed by atoms with E-state index in [0.717, 1.165) is 16.8 Å². The molecule has 1 heterocycles. The minimum Gasteiger partial charge on any atom is -0.321 e. The summed E-state index contributed by atoms with van der Waals surface area (Å²) in [6.07, 6.45) is 3.40. The predicted molar refractivity (Wildman–Crippen MR) is 72.8 cm³/mol. The van der Waals surface area contributed by atoms with E-state index in [1.54, 1.807) is 12.4 Å². The first-order chi connectivity index (χ1) is 8.56. The molecule has 18 heavy (non-hydrogen) atoms. The van der Waals surface area contributed by atoms with E-state index in [1.807, 2.05) is 45.0 Å². The van der Waals surface area contributed by atoms with Gasteiger partial charge in [-0.2, -0.15) is 0 Å². The van der Waals surface area contributed by atoms with Gasteiger partial charge in [0.15, 0.2) is 0 Å². The number of hydrogen-bond acceptors (Lipinski definition) is 2. The Balaban J connectivity index is 2.19. The molecular formula is C15H16N2O. The maximum absolute atomic E-state index is 12.1.